The maximum atomic E-state index is 12.4. The van der Waals surface area contributed by atoms with Crippen molar-refractivity contribution in [2.75, 3.05) is 5.75 Å². The summed E-state index contributed by atoms with van der Waals surface area (Å²) >= 11 is 1.43. The van der Waals surface area contributed by atoms with E-state index in [0.717, 1.165) is 5.71 Å². The molecule has 1 aromatic heterocycles. The number of carbonyl (C=O) groups excluding carboxylic acids is 1. The second-order valence-electron chi connectivity index (χ2n) is 5.70. The SMILES string of the molecule is CC(C)(C)C1=Nn2c(nnc(CCC(=O)NN)c2=O)SC1. The number of nitrogens with two attached hydrogens (primary N) is 1. The number of hydrogen-bond acceptors (Lipinski definition) is 7. The first-order valence-corrected chi connectivity index (χ1v) is 7.50. The standard InChI is InChI=1S/C12H18N6O2S/c1-12(2,3)8-6-21-11-16-15-7(4-5-9(19)14-13)10(20)18(11)17-8/h4-6,13H2,1-3H3,(H,14,19). The van der Waals surface area contributed by atoms with Crippen LogP contribution in [0.1, 0.15) is 32.9 Å². The highest BCUT2D eigenvalue weighted by atomic mass is 32.2. The van der Waals surface area contributed by atoms with Crippen molar-refractivity contribution in [1.29, 1.82) is 0 Å². The number of fused-ring (bicyclic) bond motifs is 1. The Bertz CT molecular complexity index is 646. The lowest BCUT2D eigenvalue weighted by molar-refractivity contribution is -0.121. The van der Waals surface area contributed by atoms with Gasteiger partial charge in [0.2, 0.25) is 11.1 Å². The van der Waals surface area contributed by atoms with Crippen LogP contribution in [0.4, 0.5) is 0 Å². The fourth-order valence-corrected chi connectivity index (χ4v) is 2.79. The van der Waals surface area contributed by atoms with Gasteiger partial charge in [0.15, 0.2) is 0 Å². The topological polar surface area (TPSA) is 115 Å². The lowest BCUT2D eigenvalue weighted by atomic mass is 9.91. The van der Waals surface area contributed by atoms with Crippen molar-refractivity contribution in [2.45, 2.75) is 38.8 Å². The predicted molar refractivity (Wildman–Crippen MR) is 80.0 cm³/mol. The molecule has 1 aliphatic rings. The molecule has 114 valence electrons. The molecule has 0 saturated heterocycles. The summed E-state index contributed by atoms with van der Waals surface area (Å²) in [5, 5.41) is 12.8. The molecule has 8 nitrogen and oxygen atoms in total. The molecule has 0 fully saturated rings. The number of nitrogens with one attached hydrogen (secondary N) is 1. The highest BCUT2D eigenvalue weighted by Crippen LogP contribution is 2.26. The summed E-state index contributed by atoms with van der Waals surface area (Å²) in [7, 11) is 0. The number of carbonyl (C=O) groups is 1. The quantitative estimate of drug-likeness (QED) is 0.458. The molecule has 0 spiro atoms. The number of hydrogen-bond donors (Lipinski definition) is 2. The van der Waals surface area contributed by atoms with Gasteiger partial charge in [0.25, 0.3) is 5.56 Å². The Morgan fingerprint density at radius 3 is 2.76 bits per heavy atom. The zero-order valence-corrected chi connectivity index (χ0v) is 13.0. The zero-order valence-electron chi connectivity index (χ0n) is 12.2. The molecule has 0 aliphatic carbocycles. The van der Waals surface area contributed by atoms with Crippen LogP contribution in [0, 0.1) is 5.41 Å². The Hall–Kier alpha value is -1.74. The minimum absolute atomic E-state index is 0.0861. The maximum Gasteiger partial charge on any atom is 0.296 e. The lowest BCUT2D eigenvalue weighted by Gasteiger charge is -2.24. The van der Waals surface area contributed by atoms with E-state index in [0.29, 0.717) is 10.9 Å². The van der Waals surface area contributed by atoms with Gasteiger partial charge in [-0.15, -0.1) is 10.2 Å². The molecule has 1 aromatic rings. The largest absolute Gasteiger partial charge is 0.296 e. The Balaban J connectivity index is 2.34. The average Bonchev–Trinajstić information content (AvgIpc) is 2.45. The summed E-state index contributed by atoms with van der Waals surface area (Å²) in [5.41, 5.74) is 2.69. The van der Waals surface area contributed by atoms with Crippen LogP contribution in [0.15, 0.2) is 15.1 Å². The van der Waals surface area contributed by atoms with Gasteiger partial charge in [-0.3, -0.25) is 15.0 Å². The maximum absolute atomic E-state index is 12.4. The lowest BCUT2D eigenvalue weighted by Crippen LogP contribution is -2.34. The van der Waals surface area contributed by atoms with Crippen LogP contribution in [0.25, 0.3) is 0 Å². The molecule has 1 aliphatic heterocycles. The van der Waals surface area contributed by atoms with E-state index in [2.05, 4.69) is 15.3 Å². The van der Waals surface area contributed by atoms with E-state index in [1.807, 2.05) is 26.2 Å². The number of thioether (sulfide) groups is 1. The Morgan fingerprint density at radius 2 is 2.14 bits per heavy atom. The van der Waals surface area contributed by atoms with Crippen LogP contribution in [0.5, 0.6) is 0 Å². The zero-order chi connectivity index (χ0) is 15.6. The van der Waals surface area contributed by atoms with Crippen molar-refractivity contribution < 1.29 is 4.79 Å². The van der Waals surface area contributed by atoms with Crippen molar-refractivity contribution in [3.05, 3.63) is 16.0 Å². The number of aryl methyl sites for hydroxylation is 1. The van der Waals surface area contributed by atoms with Gasteiger partial charge in [0.1, 0.15) is 5.69 Å². The third-order valence-corrected chi connectivity index (χ3v) is 3.98. The van der Waals surface area contributed by atoms with Crippen LogP contribution < -0.4 is 16.8 Å². The van der Waals surface area contributed by atoms with E-state index >= 15 is 0 Å². The molecule has 0 unspecified atom stereocenters. The fraction of sp³-hybridized carbons (Fsp3) is 0.583. The molecule has 0 radical (unpaired) electrons. The molecule has 0 bridgehead atoms. The van der Waals surface area contributed by atoms with Crippen molar-refractivity contribution in [2.24, 2.45) is 16.4 Å². The fourth-order valence-electron chi connectivity index (χ4n) is 1.69. The van der Waals surface area contributed by atoms with E-state index in [-0.39, 0.29) is 35.4 Å². The summed E-state index contributed by atoms with van der Waals surface area (Å²) in [4.78, 5) is 23.5. The molecule has 21 heavy (non-hydrogen) atoms. The van der Waals surface area contributed by atoms with Gasteiger partial charge >= 0.3 is 0 Å². The highest BCUT2D eigenvalue weighted by Gasteiger charge is 2.25. The number of hydrazine groups is 1. The summed E-state index contributed by atoms with van der Waals surface area (Å²) < 4.78 is 1.28. The summed E-state index contributed by atoms with van der Waals surface area (Å²) in [6.07, 6.45) is 0.267. The van der Waals surface area contributed by atoms with Crippen molar-refractivity contribution in [1.82, 2.24) is 20.3 Å². The second-order valence-corrected chi connectivity index (χ2v) is 6.64. The summed E-state index contributed by atoms with van der Waals surface area (Å²) in [6, 6.07) is 0. The molecule has 3 N–H and O–H groups in total. The number of rotatable bonds is 3. The van der Waals surface area contributed by atoms with E-state index in [4.69, 9.17) is 5.84 Å². The van der Waals surface area contributed by atoms with Crippen LogP contribution in [-0.4, -0.2) is 32.2 Å². The van der Waals surface area contributed by atoms with Gasteiger partial charge in [-0.1, -0.05) is 32.5 Å². The molecule has 0 aromatic carbocycles. The second kappa shape index (κ2) is 5.94. The molecule has 0 atom stereocenters. The Morgan fingerprint density at radius 1 is 1.43 bits per heavy atom. The van der Waals surface area contributed by atoms with Crippen molar-refractivity contribution >= 4 is 23.4 Å². The third kappa shape index (κ3) is 3.48. The van der Waals surface area contributed by atoms with Crippen LogP contribution in [-0.2, 0) is 11.2 Å². The van der Waals surface area contributed by atoms with Crippen molar-refractivity contribution in [3.63, 3.8) is 0 Å². The van der Waals surface area contributed by atoms with Gasteiger partial charge in [-0.05, 0) is 0 Å². The minimum atomic E-state index is -0.354. The smallest absolute Gasteiger partial charge is 0.294 e. The minimum Gasteiger partial charge on any atom is -0.294 e. The average molecular weight is 310 g/mol. The molecule has 2 heterocycles. The van der Waals surface area contributed by atoms with E-state index < -0.39 is 0 Å². The van der Waals surface area contributed by atoms with Gasteiger partial charge in [-0.2, -0.15) is 9.78 Å². The molecule has 1 amide bonds. The predicted octanol–water partition coefficient (Wildman–Crippen LogP) is -0.0833. The molecular formula is C12H18N6O2S. The Kier molecular flexibility index (Phi) is 4.43. The summed E-state index contributed by atoms with van der Waals surface area (Å²) in [5.74, 6) is 5.34. The monoisotopic (exact) mass is 310 g/mol. The first kappa shape index (κ1) is 15.6. The van der Waals surface area contributed by atoms with E-state index in [9.17, 15) is 9.59 Å². The number of nitrogens with zero attached hydrogens (tertiary/aromatic N) is 4. The van der Waals surface area contributed by atoms with Gasteiger partial charge < -0.3 is 0 Å². The molecular weight excluding hydrogens is 292 g/mol. The van der Waals surface area contributed by atoms with Crippen molar-refractivity contribution in [3.8, 4) is 0 Å². The van der Waals surface area contributed by atoms with Crippen LogP contribution in [0.2, 0.25) is 0 Å². The number of amides is 1. The van der Waals surface area contributed by atoms with Crippen LogP contribution in [0.3, 0.4) is 0 Å². The van der Waals surface area contributed by atoms with Gasteiger partial charge in [0, 0.05) is 24.0 Å². The van der Waals surface area contributed by atoms with Crippen LogP contribution >= 0.6 is 11.8 Å². The normalized spacial score (nSPS) is 14.4. The Labute approximate surface area is 126 Å². The first-order chi connectivity index (χ1) is 9.82. The van der Waals surface area contributed by atoms with E-state index in [1.54, 1.807) is 0 Å². The molecule has 2 rings (SSSR count). The first-order valence-electron chi connectivity index (χ1n) is 6.52. The number of aromatic nitrogens is 3. The third-order valence-electron chi connectivity index (χ3n) is 3.05. The van der Waals surface area contributed by atoms with E-state index in [1.165, 1.54) is 16.4 Å². The summed E-state index contributed by atoms with van der Waals surface area (Å²) in [6.45, 7) is 6.14. The van der Waals surface area contributed by atoms with Gasteiger partial charge in [0.05, 0.1) is 5.71 Å². The van der Waals surface area contributed by atoms with Gasteiger partial charge in [-0.25, -0.2) is 5.84 Å². The highest BCUT2D eigenvalue weighted by molar-refractivity contribution is 7.99. The molecule has 0 saturated carbocycles. The molecule has 9 heteroatoms.